The van der Waals surface area contributed by atoms with Gasteiger partial charge in [-0.25, -0.2) is 4.79 Å². The molecule has 2 heteroatoms. The van der Waals surface area contributed by atoms with Crippen LogP contribution in [0, 0.1) is 11.8 Å². The number of carboxylic acids is 1. The Hall–Kier alpha value is -1.57. The molecule has 0 aromatic heterocycles. The van der Waals surface area contributed by atoms with Gasteiger partial charge in [-0.05, 0) is 80.4 Å². The molecular formula is C26H38O2. The minimum Gasteiger partial charge on any atom is -0.478 e. The van der Waals surface area contributed by atoms with E-state index >= 15 is 0 Å². The third-order valence-corrected chi connectivity index (χ3v) is 7.18. The highest BCUT2D eigenvalue weighted by molar-refractivity contribution is 5.87. The van der Waals surface area contributed by atoms with E-state index in [4.69, 9.17) is 5.11 Å². The van der Waals surface area contributed by atoms with E-state index in [0.29, 0.717) is 11.5 Å². The molecule has 0 radical (unpaired) electrons. The van der Waals surface area contributed by atoms with Gasteiger partial charge in [-0.15, -0.1) is 0 Å². The highest BCUT2D eigenvalue weighted by Crippen LogP contribution is 2.38. The van der Waals surface area contributed by atoms with Gasteiger partial charge in [-0.2, -0.15) is 0 Å². The smallest absolute Gasteiger partial charge is 0.335 e. The zero-order valence-electron chi connectivity index (χ0n) is 17.7. The SMILES string of the molecule is CCCCC[C@H]1CC[C@H](CC=C2CCC(c3ccc(C(=O)O)cc3)CC2)CC1. The van der Waals surface area contributed by atoms with Gasteiger partial charge in [-0.3, -0.25) is 0 Å². The van der Waals surface area contributed by atoms with Crippen LogP contribution in [0.15, 0.2) is 35.9 Å². The van der Waals surface area contributed by atoms with Gasteiger partial charge < -0.3 is 5.11 Å². The van der Waals surface area contributed by atoms with Crippen LogP contribution >= 0.6 is 0 Å². The quantitative estimate of drug-likeness (QED) is 0.368. The fourth-order valence-electron chi connectivity index (χ4n) is 5.20. The average Bonchev–Trinajstić information content (AvgIpc) is 2.74. The summed E-state index contributed by atoms with van der Waals surface area (Å²) in [5, 5.41) is 9.04. The molecule has 0 atom stereocenters. The van der Waals surface area contributed by atoms with Crippen molar-refractivity contribution in [3.8, 4) is 0 Å². The summed E-state index contributed by atoms with van der Waals surface area (Å²) in [6.07, 6.45) is 20.2. The van der Waals surface area contributed by atoms with Crippen molar-refractivity contribution in [1.29, 1.82) is 0 Å². The van der Waals surface area contributed by atoms with Gasteiger partial charge in [0.05, 0.1) is 5.56 Å². The van der Waals surface area contributed by atoms with Crippen molar-refractivity contribution in [1.82, 2.24) is 0 Å². The molecule has 2 aliphatic rings. The van der Waals surface area contributed by atoms with Crippen molar-refractivity contribution in [2.24, 2.45) is 11.8 Å². The van der Waals surface area contributed by atoms with E-state index < -0.39 is 5.97 Å². The van der Waals surface area contributed by atoms with E-state index in [1.165, 1.54) is 89.0 Å². The molecule has 3 rings (SSSR count). The van der Waals surface area contributed by atoms with Crippen LogP contribution in [0.1, 0.15) is 112 Å². The van der Waals surface area contributed by atoms with E-state index in [2.05, 4.69) is 13.0 Å². The second kappa shape index (κ2) is 10.8. The van der Waals surface area contributed by atoms with Gasteiger partial charge in [0, 0.05) is 0 Å². The molecule has 1 aromatic carbocycles. The molecule has 1 N–H and O–H groups in total. The molecule has 0 unspecified atom stereocenters. The molecule has 2 nitrogen and oxygen atoms in total. The van der Waals surface area contributed by atoms with Crippen LogP contribution in [0.3, 0.4) is 0 Å². The van der Waals surface area contributed by atoms with Gasteiger partial charge in [0.15, 0.2) is 0 Å². The van der Waals surface area contributed by atoms with E-state index in [1.807, 2.05) is 12.1 Å². The molecule has 0 spiro atoms. The normalized spacial score (nSPS) is 25.5. The maximum Gasteiger partial charge on any atom is 0.335 e. The lowest BCUT2D eigenvalue weighted by Gasteiger charge is -2.29. The molecule has 154 valence electrons. The summed E-state index contributed by atoms with van der Waals surface area (Å²) in [5.41, 5.74) is 3.37. The predicted molar refractivity (Wildman–Crippen MR) is 117 cm³/mol. The molecule has 2 fully saturated rings. The van der Waals surface area contributed by atoms with E-state index in [1.54, 1.807) is 17.7 Å². The number of hydrogen-bond donors (Lipinski definition) is 1. The van der Waals surface area contributed by atoms with Gasteiger partial charge in [0.2, 0.25) is 0 Å². The van der Waals surface area contributed by atoms with Crippen molar-refractivity contribution >= 4 is 5.97 Å². The Bertz CT molecular complexity index is 625. The minimum absolute atomic E-state index is 0.389. The summed E-state index contributed by atoms with van der Waals surface area (Å²) in [4.78, 5) is 11.0. The molecule has 2 aliphatic carbocycles. The van der Waals surface area contributed by atoms with Crippen LogP contribution in [0.2, 0.25) is 0 Å². The predicted octanol–water partition coefficient (Wildman–Crippen LogP) is 7.75. The highest BCUT2D eigenvalue weighted by Gasteiger charge is 2.22. The highest BCUT2D eigenvalue weighted by atomic mass is 16.4. The average molecular weight is 383 g/mol. The van der Waals surface area contributed by atoms with Crippen LogP contribution < -0.4 is 0 Å². The molecule has 0 bridgehead atoms. The number of allylic oxidation sites excluding steroid dienone is 2. The number of unbranched alkanes of at least 4 members (excludes halogenated alkanes) is 2. The largest absolute Gasteiger partial charge is 0.478 e. The van der Waals surface area contributed by atoms with Crippen LogP contribution in [-0.2, 0) is 0 Å². The number of aromatic carboxylic acids is 1. The third kappa shape index (κ3) is 6.22. The summed E-state index contributed by atoms with van der Waals surface area (Å²) < 4.78 is 0. The van der Waals surface area contributed by atoms with Crippen LogP contribution in [0.25, 0.3) is 0 Å². The molecule has 2 saturated carbocycles. The summed E-state index contributed by atoms with van der Waals surface area (Å²) in [6.45, 7) is 2.30. The second-order valence-corrected chi connectivity index (χ2v) is 9.18. The maximum absolute atomic E-state index is 11.0. The topological polar surface area (TPSA) is 37.3 Å². The first-order valence-electron chi connectivity index (χ1n) is 11.7. The molecule has 0 amide bonds. The zero-order chi connectivity index (χ0) is 19.8. The fourth-order valence-corrected chi connectivity index (χ4v) is 5.20. The Kier molecular flexibility index (Phi) is 8.18. The maximum atomic E-state index is 11.0. The van der Waals surface area contributed by atoms with Crippen molar-refractivity contribution in [2.45, 2.75) is 96.3 Å². The van der Waals surface area contributed by atoms with Gasteiger partial charge >= 0.3 is 5.97 Å². The lowest BCUT2D eigenvalue weighted by Crippen LogP contribution is -2.14. The molecule has 0 saturated heterocycles. The number of rotatable bonds is 8. The number of carbonyl (C=O) groups is 1. The molecular weight excluding hydrogens is 344 g/mol. The lowest BCUT2D eigenvalue weighted by atomic mass is 9.77. The Morgan fingerprint density at radius 1 is 0.964 bits per heavy atom. The third-order valence-electron chi connectivity index (χ3n) is 7.18. The van der Waals surface area contributed by atoms with Gasteiger partial charge in [-0.1, -0.05) is 69.2 Å². The molecule has 28 heavy (non-hydrogen) atoms. The Morgan fingerprint density at radius 2 is 1.61 bits per heavy atom. The first kappa shape index (κ1) is 21.1. The van der Waals surface area contributed by atoms with Gasteiger partial charge in [0.1, 0.15) is 0 Å². The van der Waals surface area contributed by atoms with Crippen LogP contribution in [-0.4, -0.2) is 11.1 Å². The van der Waals surface area contributed by atoms with Crippen LogP contribution in [0.5, 0.6) is 0 Å². The van der Waals surface area contributed by atoms with Crippen molar-refractivity contribution in [3.63, 3.8) is 0 Å². The standard InChI is InChI=1S/C26H38O2/c1-2-3-4-5-20-6-8-21(9-7-20)10-11-22-12-14-23(15-13-22)24-16-18-25(19-17-24)26(27)28/h11,16-21,23H,2-10,12-15H2,1H3,(H,27,28)/t20-,21-,23?. The Balaban J connectivity index is 1.38. The molecule has 1 aromatic rings. The monoisotopic (exact) mass is 382 g/mol. The number of carboxylic acid groups (broad SMARTS) is 1. The second-order valence-electron chi connectivity index (χ2n) is 9.18. The number of hydrogen-bond acceptors (Lipinski definition) is 1. The Morgan fingerprint density at radius 3 is 2.21 bits per heavy atom. The van der Waals surface area contributed by atoms with Crippen molar-refractivity contribution in [3.05, 3.63) is 47.0 Å². The van der Waals surface area contributed by atoms with Crippen LogP contribution in [0.4, 0.5) is 0 Å². The Labute approximate surface area is 171 Å². The van der Waals surface area contributed by atoms with Crippen molar-refractivity contribution in [2.75, 3.05) is 0 Å². The summed E-state index contributed by atoms with van der Waals surface area (Å²) in [5.74, 6) is 1.70. The van der Waals surface area contributed by atoms with E-state index in [-0.39, 0.29) is 0 Å². The lowest BCUT2D eigenvalue weighted by molar-refractivity contribution is 0.0697. The zero-order valence-corrected chi connectivity index (χ0v) is 17.7. The molecule has 0 aliphatic heterocycles. The summed E-state index contributed by atoms with van der Waals surface area (Å²) in [7, 11) is 0. The van der Waals surface area contributed by atoms with Gasteiger partial charge in [0.25, 0.3) is 0 Å². The van der Waals surface area contributed by atoms with E-state index in [0.717, 1.165) is 11.8 Å². The number of benzene rings is 1. The first-order chi connectivity index (χ1) is 13.7. The van der Waals surface area contributed by atoms with Crippen molar-refractivity contribution < 1.29 is 9.90 Å². The molecule has 0 heterocycles. The fraction of sp³-hybridized carbons (Fsp3) is 0.654. The summed E-state index contributed by atoms with van der Waals surface area (Å²) >= 11 is 0. The minimum atomic E-state index is -0.838. The first-order valence-corrected chi connectivity index (χ1v) is 11.7. The summed E-state index contributed by atoms with van der Waals surface area (Å²) in [6, 6.07) is 7.53. The van der Waals surface area contributed by atoms with E-state index in [9.17, 15) is 4.79 Å².